The zero-order valence-electron chi connectivity index (χ0n) is 20.6. The molecule has 7 rings (SSSR count). The zero-order chi connectivity index (χ0) is 26.9. The second-order valence-electron chi connectivity index (χ2n) is 10.2. The largest absolute Gasteiger partial charge is 0.352 e. The number of hydrogen-bond acceptors (Lipinski definition) is 4. The van der Waals surface area contributed by atoms with E-state index in [4.69, 9.17) is 0 Å². The summed E-state index contributed by atoms with van der Waals surface area (Å²) in [6, 6.07) is 25.8. The Labute approximate surface area is 232 Å². The van der Waals surface area contributed by atoms with Gasteiger partial charge in [0.15, 0.2) is 17.3 Å². The van der Waals surface area contributed by atoms with Gasteiger partial charge in [0.05, 0.1) is 6.04 Å². The molecule has 3 atom stereocenters. The summed E-state index contributed by atoms with van der Waals surface area (Å²) in [5.74, 6) is -2.10. The lowest BCUT2D eigenvalue weighted by Gasteiger charge is -2.37. The van der Waals surface area contributed by atoms with Crippen molar-refractivity contribution in [3.05, 3.63) is 141 Å². The van der Waals surface area contributed by atoms with Crippen LogP contribution in [0.4, 0.5) is 10.1 Å². The molecule has 1 spiro atoms. The van der Waals surface area contributed by atoms with E-state index in [0.29, 0.717) is 22.3 Å². The fourth-order valence-corrected chi connectivity index (χ4v) is 7.14. The van der Waals surface area contributed by atoms with E-state index in [2.05, 4.69) is 15.9 Å². The predicted molar refractivity (Wildman–Crippen MR) is 151 cm³/mol. The van der Waals surface area contributed by atoms with Crippen molar-refractivity contribution in [2.24, 2.45) is 5.41 Å². The van der Waals surface area contributed by atoms with Gasteiger partial charge < -0.3 is 4.90 Å². The molecule has 2 heterocycles. The van der Waals surface area contributed by atoms with Gasteiger partial charge in [-0.3, -0.25) is 14.4 Å². The third-order valence-corrected chi connectivity index (χ3v) is 8.82. The Morgan fingerprint density at radius 1 is 0.821 bits per heavy atom. The van der Waals surface area contributed by atoms with Crippen LogP contribution in [0, 0.1) is 11.2 Å². The molecule has 1 aliphatic carbocycles. The van der Waals surface area contributed by atoms with E-state index < -0.39 is 29.2 Å². The van der Waals surface area contributed by atoms with Crippen molar-refractivity contribution in [2.75, 3.05) is 4.90 Å². The quantitative estimate of drug-likeness (QED) is 0.196. The van der Waals surface area contributed by atoms with Gasteiger partial charge in [0.1, 0.15) is 17.3 Å². The number of hydrogen-bond donors (Lipinski definition) is 0. The highest BCUT2D eigenvalue weighted by Gasteiger charge is 2.71. The number of halogens is 2. The molecular formula is C33H21BrFNO3. The van der Waals surface area contributed by atoms with Gasteiger partial charge in [-0.2, -0.15) is 0 Å². The predicted octanol–water partition coefficient (Wildman–Crippen LogP) is 6.90. The highest BCUT2D eigenvalue weighted by atomic mass is 79.9. The average molecular weight is 578 g/mol. The van der Waals surface area contributed by atoms with Crippen LogP contribution in [0.5, 0.6) is 0 Å². The molecule has 190 valence electrons. The molecule has 0 saturated carbocycles. The first-order valence-corrected chi connectivity index (χ1v) is 13.5. The monoisotopic (exact) mass is 577 g/mol. The first-order valence-electron chi connectivity index (χ1n) is 12.7. The SMILES string of the molecule is O=C(c1ccccc1)[C@H]1[C@H](c2ccc(F)cc2)C2(C(=O)c3ccccc3C2=O)C2C=Cc3cc(Br)ccc3N21. The molecule has 0 N–H and O–H groups in total. The normalized spacial score (nSPS) is 22.1. The van der Waals surface area contributed by atoms with Crippen LogP contribution in [-0.2, 0) is 0 Å². The van der Waals surface area contributed by atoms with Crippen molar-refractivity contribution in [3.63, 3.8) is 0 Å². The van der Waals surface area contributed by atoms with Crippen LogP contribution in [0.1, 0.15) is 48.1 Å². The molecule has 1 fully saturated rings. The third kappa shape index (κ3) is 3.24. The maximum atomic E-state index is 14.5. The van der Waals surface area contributed by atoms with Crippen LogP contribution >= 0.6 is 15.9 Å². The molecule has 4 aromatic carbocycles. The van der Waals surface area contributed by atoms with Crippen molar-refractivity contribution in [2.45, 2.75) is 18.0 Å². The van der Waals surface area contributed by atoms with E-state index in [0.717, 1.165) is 15.7 Å². The van der Waals surface area contributed by atoms with Crippen molar-refractivity contribution < 1.29 is 18.8 Å². The summed E-state index contributed by atoms with van der Waals surface area (Å²) < 4.78 is 15.0. The Bertz CT molecular complexity index is 1680. The van der Waals surface area contributed by atoms with Gasteiger partial charge in [0.2, 0.25) is 0 Å². The average Bonchev–Trinajstić information content (AvgIpc) is 3.39. The lowest BCUT2D eigenvalue weighted by molar-refractivity contribution is 0.0666. The Kier molecular flexibility index (Phi) is 5.32. The molecule has 0 bridgehead atoms. The minimum atomic E-state index is -1.60. The Balaban J connectivity index is 1.55. The molecule has 0 amide bonds. The Morgan fingerprint density at radius 3 is 2.13 bits per heavy atom. The lowest BCUT2D eigenvalue weighted by atomic mass is 9.64. The van der Waals surface area contributed by atoms with E-state index in [-0.39, 0.29) is 17.3 Å². The highest BCUT2D eigenvalue weighted by Crippen LogP contribution is 2.61. The summed E-state index contributed by atoms with van der Waals surface area (Å²) in [5.41, 5.74) is 1.81. The van der Waals surface area contributed by atoms with Crippen LogP contribution in [0.15, 0.2) is 108 Å². The van der Waals surface area contributed by atoms with Crippen molar-refractivity contribution in [1.82, 2.24) is 0 Å². The van der Waals surface area contributed by atoms with E-state index in [1.807, 2.05) is 41.3 Å². The number of carbonyl (C=O) groups is 3. The summed E-state index contributed by atoms with van der Waals surface area (Å²) in [7, 11) is 0. The standard InChI is InChI=1S/C33H21BrFNO3/c34-22-13-16-26-21(18-22)12-17-27-33(31(38)24-8-4-5-9-25(24)32(33)39)28(19-10-14-23(35)15-11-19)29(36(26)27)30(37)20-6-2-1-3-7-20/h1-18,27-29H/t27?,28-,29+/m0/s1. The Hall–Kier alpha value is -4.16. The molecule has 1 unspecified atom stereocenters. The van der Waals surface area contributed by atoms with Gasteiger partial charge in [0, 0.05) is 32.8 Å². The molecule has 39 heavy (non-hydrogen) atoms. The zero-order valence-corrected chi connectivity index (χ0v) is 22.1. The summed E-state index contributed by atoms with van der Waals surface area (Å²) in [5, 5.41) is 0. The van der Waals surface area contributed by atoms with Crippen molar-refractivity contribution >= 4 is 45.0 Å². The van der Waals surface area contributed by atoms with Crippen LogP contribution in [0.25, 0.3) is 6.08 Å². The number of nitrogens with zero attached hydrogens (tertiary/aromatic N) is 1. The minimum Gasteiger partial charge on any atom is -0.352 e. The first kappa shape index (κ1) is 23.9. The molecule has 6 heteroatoms. The number of fused-ring (bicyclic) bond motifs is 5. The molecule has 4 aromatic rings. The summed E-state index contributed by atoms with van der Waals surface area (Å²) in [4.78, 5) is 45.5. The highest BCUT2D eigenvalue weighted by molar-refractivity contribution is 9.10. The Morgan fingerprint density at radius 2 is 1.46 bits per heavy atom. The van der Waals surface area contributed by atoms with Gasteiger partial charge in [-0.1, -0.05) is 94.8 Å². The van der Waals surface area contributed by atoms with Crippen molar-refractivity contribution in [1.29, 1.82) is 0 Å². The first-order chi connectivity index (χ1) is 18.9. The molecule has 3 aliphatic rings. The number of carbonyl (C=O) groups excluding carboxylic acids is 3. The molecular weight excluding hydrogens is 557 g/mol. The molecule has 2 aliphatic heterocycles. The molecule has 1 saturated heterocycles. The van der Waals surface area contributed by atoms with E-state index in [1.54, 1.807) is 60.7 Å². The third-order valence-electron chi connectivity index (χ3n) is 8.32. The molecule has 4 nitrogen and oxygen atoms in total. The van der Waals surface area contributed by atoms with Gasteiger partial charge >= 0.3 is 0 Å². The number of benzene rings is 4. The molecule has 0 aromatic heterocycles. The fourth-order valence-electron chi connectivity index (χ4n) is 6.76. The van der Waals surface area contributed by atoms with Crippen LogP contribution in [-0.4, -0.2) is 29.4 Å². The smallest absolute Gasteiger partial charge is 0.185 e. The number of ketones is 3. The van der Waals surface area contributed by atoms with Crippen LogP contribution in [0.2, 0.25) is 0 Å². The van der Waals surface area contributed by atoms with E-state index >= 15 is 0 Å². The van der Waals surface area contributed by atoms with E-state index in [1.165, 1.54) is 12.1 Å². The molecule has 0 radical (unpaired) electrons. The lowest BCUT2D eigenvalue weighted by Crippen LogP contribution is -2.48. The number of rotatable bonds is 3. The van der Waals surface area contributed by atoms with E-state index in [9.17, 15) is 18.8 Å². The van der Waals surface area contributed by atoms with Gasteiger partial charge in [-0.05, 0) is 41.5 Å². The second-order valence-corrected chi connectivity index (χ2v) is 11.1. The number of Topliss-reactive ketones (excluding diaryl/α,β-unsaturated/α-hetero) is 3. The number of anilines is 1. The maximum Gasteiger partial charge on any atom is 0.185 e. The van der Waals surface area contributed by atoms with Crippen LogP contribution in [0.3, 0.4) is 0 Å². The van der Waals surface area contributed by atoms with Gasteiger partial charge in [-0.15, -0.1) is 0 Å². The fraction of sp³-hybridized carbons (Fsp3) is 0.121. The summed E-state index contributed by atoms with van der Waals surface area (Å²) in [6.07, 6.45) is 3.80. The van der Waals surface area contributed by atoms with Crippen LogP contribution < -0.4 is 4.90 Å². The maximum absolute atomic E-state index is 14.5. The van der Waals surface area contributed by atoms with Gasteiger partial charge in [0.25, 0.3) is 0 Å². The second kappa shape index (κ2) is 8.68. The topological polar surface area (TPSA) is 54.5 Å². The summed E-state index contributed by atoms with van der Waals surface area (Å²) >= 11 is 3.53. The minimum absolute atomic E-state index is 0.201. The van der Waals surface area contributed by atoms with Gasteiger partial charge in [-0.25, -0.2) is 4.39 Å². The summed E-state index contributed by atoms with van der Waals surface area (Å²) in [6.45, 7) is 0. The van der Waals surface area contributed by atoms with Crippen molar-refractivity contribution in [3.8, 4) is 0 Å².